The van der Waals surface area contributed by atoms with E-state index < -0.39 is 0 Å². The molecule has 0 aliphatic carbocycles. The highest BCUT2D eigenvalue weighted by Gasteiger charge is 2.19. The molecule has 1 fully saturated rings. The molecule has 0 amide bonds. The molecule has 1 saturated heterocycles. The topological polar surface area (TPSA) is 54.0 Å². The van der Waals surface area contributed by atoms with Crippen LogP contribution in [0.3, 0.4) is 0 Å². The van der Waals surface area contributed by atoms with Crippen molar-refractivity contribution in [3.05, 3.63) is 60.3 Å². The Morgan fingerprint density at radius 1 is 1.29 bits per heavy atom. The molecular formula is C19H22N4O. The maximum atomic E-state index is 5.84. The van der Waals surface area contributed by atoms with Gasteiger partial charge < -0.3 is 9.72 Å². The van der Waals surface area contributed by atoms with E-state index in [1.165, 1.54) is 10.9 Å². The fourth-order valence-electron chi connectivity index (χ4n) is 3.42. The predicted molar refractivity (Wildman–Crippen MR) is 93.6 cm³/mol. The van der Waals surface area contributed by atoms with Crippen molar-refractivity contribution in [1.82, 2.24) is 19.9 Å². The zero-order valence-corrected chi connectivity index (χ0v) is 13.7. The lowest BCUT2D eigenvalue weighted by Gasteiger charge is -2.22. The maximum Gasteiger partial charge on any atom is 0.0922 e. The molecular weight excluding hydrogens is 300 g/mol. The monoisotopic (exact) mass is 322 g/mol. The van der Waals surface area contributed by atoms with Crippen LogP contribution in [0.15, 0.2) is 49.1 Å². The molecule has 0 bridgehead atoms. The summed E-state index contributed by atoms with van der Waals surface area (Å²) in [6.07, 6.45) is 6.51. The van der Waals surface area contributed by atoms with Gasteiger partial charge in [0.1, 0.15) is 0 Å². The first-order valence-electron chi connectivity index (χ1n) is 8.48. The molecule has 4 rings (SSSR count). The molecule has 3 aromatic rings. The number of hydrogen-bond acceptors (Lipinski definition) is 4. The van der Waals surface area contributed by atoms with Crippen LogP contribution in [0.1, 0.15) is 11.3 Å². The number of fused-ring (bicyclic) bond motifs is 1. The minimum atomic E-state index is 0.504. The Labute approximate surface area is 141 Å². The van der Waals surface area contributed by atoms with Gasteiger partial charge in [0.2, 0.25) is 0 Å². The SMILES string of the molecule is c1cnc2ccc(CC3COCCN(Cc4cnc[nH]4)C3)cc2c1. The van der Waals surface area contributed by atoms with Crippen LogP contribution >= 0.6 is 0 Å². The number of rotatable bonds is 4. The fourth-order valence-corrected chi connectivity index (χ4v) is 3.42. The highest BCUT2D eigenvalue weighted by atomic mass is 16.5. The number of hydrogen-bond donors (Lipinski definition) is 1. The third-order valence-electron chi connectivity index (χ3n) is 4.56. The predicted octanol–water partition coefficient (Wildman–Crippen LogP) is 2.65. The molecule has 5 heteroatoms. The number of aromatic amines is 1. The molecule has 1 aromatic carbocycles. The van der Waals surface area contributed by atoms with Gasteiger partial charge in [-0.2, -0.15) is 0 Å². The lowest BCUT2D eigenvalue weighted by atomic mass is 9.98. The molecule has 1 aliphatic rings. The van der Waals surface area contributed by atoms with Gasteiger partial charge in [0.05, 0.1) is 25.1 Å². The Bertz CT molecular complexity index is 787. The molecule has 0 radical (unpaired) electrons. The maximum absolute atomic E-state index is 5.84. The van der Waals surface area contributed by atoms with Crippen molar-refractivity contribution in [2.45, 2.75) is 13.0 Å². The standard InChI is InChI=1S/C19H22N4O/c1-2-17-9-15(3-4-19(17)21-5-1)8-16-11-23(6-7-24-13-16)12-18-10-20-14-22-18/h1-5,9-10,14,16H,6-8,11-13H2,(H,20,22). The Morgan fingerprint density at radius 2 is 2.29 bits per heavy atom. The van der Waals surface area contributed by atoms with Gasteiger partial charge in [0.15, 0.2) is 0 Å². The lowest BCUT2D eigenvalue weighted by molar-refractivity contribution is 0.121. The number of nitrogens with one attached hydrogen (secondary N) is 1. The van der Waals surface area contributed by atoms with Gasteiger partial charge in [-0.3, -0.25) is 9.88 Å². The molecule has 0 saturated carbocycles. The average Bonchev–Trinajstić information content (AvgIpc) is 3.01. The third-order valence-corrected chi connectivity index (χ3v) is 4.56. The van der Waals surface area contributed by atoms with Crippen molar-refractivity contribution in [1.29, 1.82) is 0 Å². The summed E-state index contributed by atoms with van der Waals surface area (Å²) in [5, 5.41) is 1.21. The normalized spacial score (nSPS) is 19.4. The summed E-state index contributed by atoms with van der Waals surface area (Å²) >= 11 is 0. The Morgan fingerprint density at radius 3 is 3.21 bits per heavy atom. The van der Waals surface area contributed by atoms with Gasteiger partial charge in [-0.05, 0) is 36.1 Å². The van der Waals surface area contributed by atoms with E-state index in [0.717, 1.165) is 50.5 Å². The van der Waals surface area contributed by atoms with E-state index in [9.17, 15) is 0 Å². The van der Waals surface area contributed by atoms with Crippen molar-refractivity contribution in [3.8, 4) is 0 Å². The lowest BCUT2D eigenvalue weighted by Crippen LogP contribution is -2.30. The summed E-state index contributed by atoms with van der Waals surface area (Å²) in [6.45, 7) is 4.54. The van der Waals surface area contributed by atoms with Gasteiger partial charge in [0, 0.05) is 43.1 Å². The molecule has 1 aliphatic heterocycles. The molecule has 124 valence electrons. The van der Waals surface area contributed by atoms with E-state index in [0.29, 0.717) is 5.92 Å². The number of benzene rings is 1. The molecule has 0 spiro atoms. The zero-order valence-electron chi connectivity index (χ0n) is 13.7. The van der Waals surface area contributed by atoms with Crippen molar-refractivity contribution in [2.75, 3.05) is 26.3 Å². The van der Waals surface area contributed by atoms with Gasteiger partial charge in [-0.1, -0.05) is 12.1 Å². The largest absolute Gasteiger partial charge is 0.380 e. The molecule has 1 N–H and O–H groups in total. The number of ether oxygens (including phenoxy) is 1. The highest BCUT2D eigenvalue weighted by molar-refractivity contribution is 5.78. The van der Waals surface area contributed by atoms with E-state index in [1.807, 2.05) is 18.5 Å². The molecule has 5 nitrogen and oxygen atoms in total. The first-order chi connectivity index (χ1) is 11.9. The summed E-state index contributed by atoms with van der Waals surface area (Å²) < 4.78 is 5.84. The Balaban J connectivity index is 1.45. The van der Waals surface area contributed by atoms with Crippen molar-refractivity contribution < 1.29 is 4.74 Å². The van der Waals surface area contributed by atoms with Gasteiger partial charge in [-0.15, -0.1) is 0 Å². The highest BCUT2D eigenvalue weighted by Crippen LogP contribution is 2.19. The summed E-state index contributed by atoms with van der Waals surface area (Å²) in [7, 11) is 0. The molecule has 24 heavy (non-hydrogen) atoms. The second-order valence-electron chi connectivity index (χ2n) is 6.49. The number of H-pyrrole nitrogens is 1. The Hall–Kier alpha value is -2.24. The second kappa shape index (κ2) is 7.11. The van der Waals surface area contributed by atoms with Crippen LogP contribution in [0.2, 0.25) is 0 Å². The number of imidazole rings is 1. The van der Waals surface area contributed by atoms with Crippen molar-refractivity contribution in [3.63, 3.8) is 0 Å². The van der Waals surface area contributed by atoms with Crippen LogP contribution in [0.5, 0.6) is 0 Å². The molecule has 1 atom stereocenters. The number of pyridine rings is 1. The molecule has 2 aromatic heterocycles. The zero-order chi connectivity index (χ0) is 16.2. The van der Waals surface area contributed by atoms with E-state index in [2.05, 4.69) is 44.1 Å². The summed E-state index contributed by atoms with van der Waals surface area (Å²) in [4.78, 5) is 14.1. The number of nitrogens with zero attached hydrogens (tertiary/aromatic N) is 3. The van der Waals surface area contributed by atoms with E-state index in [1.54, 1.807) is 6.33 Å². The average molecular weight is 322 g/mol. The van der Waals surface area contributed by atoms with Crippen LogP contribution in [0.25, 0.3) is 10.9 Å². The van der Waals surface area contributed by atoms with Crippen LogP contribution < -0.4 is 0 Å². The number of aromatic nitrogens is 3. The molecule has 3 heterocycles. The van der Waals surface area contributed by atoms with Gasteiger partial charge in [0.25, 0.3) is 0 Å². The van der Waals surface area contributed by atoms with Crippen molar-refractivity contribution >= 4 is 10.9 Å². The Kier molecular flexibility index (Phi) is 4.53. The minimum absolute atomic E-state index is 0.504. The first-order valence-corrected chi connectivity index (χ1v) is 8.48. The van der Waals surface area contributed by atoms with Gasteiger partial charge >= 0.3 is 0 Å². The van der Waals surface area contributed by atoms with Crippen LogP contribution in [-0.2, 0) is 17.7 Å². The summed E-state index contributed by atoms with van der Waals surface area (Å²) in [5.74, 6) is 0.504. The summed E-state index contributed by atoms with van der Waals surface area (Å²) in [5.41, 5.74) is 3.57. The van der Waals surface area contributed by atoms with Crippen LogP contribution in [0.4, 0.5) is 0 Å². The van der Waals surface area contributed by atoms with E-state index in [-0.39, 0.29) is 0 Å². The van der Waals surface area contributed by atoms with Gasteiger partial charge in [-0.25, -0.2) is 4.98 Å². The van der Waals surface area contributed by atoms with E-state index >= 15 is 0 Å². The van der Waals surface area contributed by atoms with E-state index in [4.69, 9.17) is 4.74 Å². The minimum Gasteiger partial charge on any atom is -0.380 e. The van der Waals surface area contributed by atoms with Crippen LogP contribution in [0, 0.1) is 5.92 Å². The smallest absolute Gasteiger partial charge is 0.0922 e. The first kappa shape index (κ1) is 15.3. The summed E-state index contributed by atoms with van der Waals surface area (Å²) in [6, 6.07) is 10.7. The van der Waals surface area contributed by atoms with Crippen molar-refractivity contribution in [2.24, 2.45) is 5.92 Å². The second-order valence-corrected chi connectivity index (χ2v) is 6.49. The third kappa shape index (κ3) is 3.63. The molecule has 1 unspecified atom stereocenters. The van der Waals surface area contributed by atoms with Crippen LogP contribution in [-0.4, -0.2) is 46.2 Å². The quantitative estimate of drug-likeness (QED) is 0.802. The fraction of sp³-hybridized carbons (Fsp3) is 0.368.